The molecule has 2 unspecified atom stereocenters. The molecule has 2 saturated carbocycles. The highest BCUT2D eigenvalue weighted by Gasteiger charge is 2.44. The molecule has 0 aliphatic heterocycles. The van der Waals surface area contributed by atoms with Crippen LogP contribution in [0.4, 0.5) is 13.2 Å². The lowest BCUT2D eigenvalue weighted by Gasteiger charge is -2.34. The molecule has 2 fully saturated rings. The Bertz CT molecular complexity index is 353. The molecule has 0 heterocycles. The third kappa shape index (κ3) is 3.60. The molecular weight excluding hydrogens is 291 g/mol. The van der Waals surface area contributed by atoms with Gasteiger partial charge in [-0.05, 0) is 32.1 Å². The lowest BCUT2D eigenvalue weighted by molar-refractivity contribution is -0.186. The van der Waals surface area contributed by atoms with E-state index in [1.807, 2.05) is 0 Å². The van der Waals surface area contributed by atoms with Crippen molar-refractivity contribution < 1.29 is 18.0 Å². The second-order valence-electron chi connectivity index (χ2n) is 6.21. The summed E-state index contributed by atoms with van der Waals surface area (Å²) >= 11 is 5.95. The van der Waals surface area contributed by atoms with Crippen LogP contribution < -0.4 is 5.32 Å². The van der Waals surface area contributed by atoms with Gasteiger partial charge in [0.25, 0.3) is 0 Å². The first-order valence-corrected chi connectivity index (χ1v) is 7.84. The van der Waals surface area contributed by atoms with Crippen molar-refractivity contribution in [3.8, 4) is 0 Å². The predicted octanol–water partition coefficient (Wildman–Crippen LogP) is 4.02. The summed E-state index contributed by atoms with van der Waals surface area (Å²) in [7, 11) is 0. The molecule has 0 saturated heterocycles. The van der Waals surface area contributed by atoms with Crippen molar-refractivity contribution in [2.24, 2.45) is 11.8 Å². The third-order valence-corrected chi connectivity index (χ3v) is 5.22. The van der Waals surface area contributed by atoms with E-state index in [1.54, 1.807) is 0 Å². The minimum atomic E-state index is -4.18. The highest BCUT2D eigenvalue weighted by molar-refractivity contribution is 6.18. The van der Waals surface area contributed by atoms with Gasteiger partial charge in [0, 0.05) is 11.8 Å². The summed E-state index contributed by atoms with van der Waals surface area (Å²) in [5, 5.41) is 2.95. The fourth-order valence-corrected chi connectivity index (χ4v) is 3.77. The molecule has 2 atom stereocenters. The van der Waals surface area contributed by atoms with Crippen molar-refractivity contribution in [1.29, 1.82) is 0 Å². The molecule has 0 aromatic carbocycles. The Labute approximate surface area is 122 Å². The number of hydrogen-bond donors (Lipinski definition) is 1. The van der Waals surface area contributed by atoms with Gasteiger partial charge in [-0.1, -0.05) is 19.3 Å². The van der Waals surface area contributed by atoms with Crippen LogP contribution >= 0.6 is 11.6 Å². The summed E-state index contributed by atoms with van der Waals surface area (Å²) < 4.78 is 38.3. The van der Waals surface area contributed by atoms with Gasteiger partial charge in [-0.25, -0.2) is 0 Å². The summed E-state index contributed by atoms with van der Waals surface area (Å²) in [6.07, 6.45) is 0.603. The summed E-state index contributed by atoms with van der Waals surface area (Å²) in [6.45, 7) is 0. The first-order valence-electron chi connectivity index (χ1n) is 7.31. The zero-order valence-electron chi connectivity index (χ0n) is 11.4. The fraction of sp³-hybridized carbons (Fsp3) is 0.929. The molecule has 2 aliphatic carbocycles. The molecule has 116 valence electrons. The van der Waals surface area contributed by atoms with Gasteiger partial charge in [-0.15, -0.1) is 11.6 Å². The van der Waals surface area contributed by atoms with Crippen molar-refractivity contribution >= 4 is 17.5 Å². The maximum Gasteiger partial charge on any atom is 0.391 e. The number of nitrogens with one attached hydrogen (secondary N) is 1. The number of halogens is 4. The maximum atomic E-state index is 12.8. The molecule has 0 aromatic rings. The maximum absolute atomic E-state index is 12.8. The Balaban J connectivity index is 1.95. The van der Waals surface area contributed by atoms with Crippen LogP contribution in [0.25, 0.3) is 0 Å². The second-order valence-corrected chi connectivity index (χ2v) is 6.48. The Hall–Kier alpha value is -0.450. The zero-order chi connectivity index (χ0) is 14.8. The highest BCUT2D eigenvalue weighted by Crippen LogP contribution is 2.40. The summed E-state index contributed by atoms with van der Waals surface area (Å²) in [4.78, 5) is 12.3. The molecule has 1 amide bonds. The number of carbonyl (C=O) groups excluding carboxylic acids is 1. The molecule has 6 heteroatoms. The SMILES string of the molecule is O=C(NC1(CCl)CCCC1)C1CCCC(C(F)(F)F)C1. The minimum Gasteiger partial charge on any atom is -0.349 e. The second kappa shape index (κ2) is 6.12. The first kappa shape index (κ1) is 15.9. The molecule has 0 bridgehead atoms. The lowest BCUT2D eigenvalue weighted by Crippen LogP contribution is -2.51. The molecule has 0 radical (unpaired) electrons. The molecule has 2 aliphatic rings. The molecule has 2 nitrogen and oxygen atoms in total. The van der Waals surface area contributed by atoms with Gasteiger partial charge < -0.3 is 5.32 Å². The van der Waals surface area contributed by atoms with E-state index in [9.17, 15) is 18.0 Å². The van der Waals surface area contributed by atoms with E-state index in [4.69, 9.17) is 11.6 Å². The normalized spacial score (nSPS) is 30.2. The van der Waals surface area contributed by atoms with E-state index in [0.29, 0.717) is 18.7 Å². The summed E-state index contributed by atoms with van der Waals surface area (Å²) in [5.41, 5.74) is -0.385. The van der Waals surface area contributed by atoms with Crippen LogP contribution in [0.3, 0.4) is 0 Å². The van der Waals surface area contributed by atoms with E-state index in [1.165, 1.54) is 0 Å². The first-order chi connectivity index (χ1) is 9.36. The monoisotopic (exact) mass is 311 g/mol. The van der Waals surface area contributed by atoms with Gasteiger partial charge in [-0.2, -0.15) is 13.2 Å². The Morgan fingerprint density at radius 1 is 1.20 bits per heavy atom. The van der Waals surface area contributed by atoms with Gasteiger partial charge in [-0.3, -0.25) is 4.79 Å². The quantitative estimate of drug-likeness (QED) is 0.784. The average Bonchev–Trinajstić information content (AvgIpc) is 2.87. The molecule has 0 spiro atoms. The summed E-state index contributed by atoms with van der Waals surface area (Å²) in [5.74, 6) is -1.74. The lowest BCUT2D eigenvalue weighted by atomic mass is 9.80. The standard InChI is InChI=1S/C14H21ClF3NO/c15-9-13(6-1-2-7-13)19-12(20)10-4-3-5-11(8-10)14(16,17)18/h10-11H,1-9H2,(H,19,20). The highest BCUT2D eigenvalue weighted by atomic mass is 35.5. The van der Waals surface area contributed by atoms with Crippen molar-refractivity contribution in [3.05, 3.63) is 0 Å². The van der Waals surface area contributed by atoms with E-state index < -0.39 is 18.0 Å². The van der Waals surface area contributed by atoms with E-state index in [-0.39, 0.29) is 24.3 Å². The smallest absolute Gasteiger partial charge is 0.349 e. The van der Waals surface area contributed by atoms with Crippen LogP contribution in [-0.4, -0.2) is 23.5 Å². The molecule has 0 aromatic heterocycles. The minimum absolute atomic E-state index is 0.0757. The van der Waals surface area contributed by atoms with Gasteiger partial charge in [0.2, 0.25) is 5.91 Å². The van der Waals surface area contributed by atoms with Crippen LogP contribution in [0, 0.1) is 11.8 Å². The Morgan fingerprint density at radius 2 is 1.85 bits per heavy atom. The molecule has 1 N–H and O–H groups in total. The van der Waals surface area contributed by atoms with Crippen LogP contribution in [0.2, 0.25) is 0 Å². The van der Waals surface area contributed by atoms with Gasteiger partial charge >= 0.3 is 6.18 Å². The van der Waals surface area contributed by atoms with Crippen molar-refractivity contribution in [3.63, 3.8) is 0 Å². The van der Waals surface area contributed by atoms with Crippen molar-refractivity contribution in [2.75, 3.05) is 5.88 Å². The third-order valence-electron chi connectivity index (χ3n) is 4.71. The fourth-order valence-electron chi connectivity index (χ4n) is 3.43. The van der Waals surface area contributed by atoms with E-state index in [0.717, 1.165) is 25.7 Å². The Kier molecular flexibility index (Phi) is 4.88. The predicted molar refractivity (Wildman–Crippen MR) is 71.6 cm³/mol. The van der Waals surface area contributed by atoms with E-state index in [2.05, 4.69) is 5.32 Å². The van der Waals surface area contributed by atoms with Crippen LogP contribution in [0.15, 0.2) is 0 Å². The number of rotatable bonds is 3. The Morgan fingerprint density at radius 3 is 2.40 bits per heavy atom. The summed E-state index contributed by atoms with van der Waals surface area (Å²) in [6, 6.07) is 0. The topological polar surface area (TPSA) is 29.1 Å². The van der Waals surface area contributed by atoms with Crippen LogP contribution in [0.5, 0.6) is 0 Å². The number of amides is 1. The van der Waals surface area contributed by atoms with Gasteiger partial charge in [0.1, 0.15) is 0 Å². The van der Waals surface area contributed by atoms with Crippen molar-refractivity contribution in [1.82, 2.24) is 5.32 Å². The van der Waals surface area contributed by atoms with Gasteiger partial charge in [0.05, 0.1) is 11.5 Å². The molecular formula is C14H21ClF3NO. The van der Waals surface area contributed by atoms with Crippen LogP contribution in [0.1, 0.15) is 51.4 Å². The number of hydrogen-bond acceptors (Lipinski definition) is 1. The largest absolute Gasteiger partial charge is 0.391 e. The number of alkyl halides is 4. The van der Waals surface area contributed by atoms with Crippen molar-refractivity contribution in [2.45, 2.75) is 63.1 Å². The average molecular weight is 312 g/mol. The van der Waals surface area contributed by atoms with Gasteiger partial charge in [0.15, 0.2) is 0 Å². The molecule has 2 rings (SSSR count). The number of carbonyl (C=O) groups is 1. The molecule has 20 heavy (non-hydrogen) atoms. The van der Waals surface area contributed by atoms with E-state index >= 15 is 0 Å². The zero-order valence-corrected chi connectivity index (χ0v) is 12.2. The van der Waals surface area contributed by atoms with Crippen LogP contribution in [-0.2, 0) is 4.79 Å².